The predicted octanol–water partition coefficient (Wildman–Crippen LogP) is 0.550. The molecule has 14 heavy (non-hydrogen) atoms. The third-order valence-electron chi connectivity index (χ3n) is 1.37. The van der Waals surface area contributed by atoms with Crippen molar-refractivity contribution in [3.05, 3.63) is 24.4 Å². The van der Waals surface area contributed by atoms with Gasteiger partial charge in [-0.1, -0.05) is 6.07 Å². The van der Waals surface area contributed by atoms with Crippen LogP contribution in [0.3, 0.4) is 0 Å². The van der Waals surface area contributed by atoms with Gasteiger partial charge >= 0.3 is 11.9 Å². The minimum atomic E-state index is -0.685. The lowest BCUT2D eigenvalue weighted by Crippen LogP contribution is -2.15. The molecule has 0 aliphatic rings. The molecule has 1 rings (SSSR count). The first-order chi connectivity index (χ1) is 6.72. The summed E-state index contributed by atoms with van der Waals surface area (Å²) in [5, 5.41) is 0. The second kappa shape index (κ2) is 4.96. The highest BCUT2D eigenvalue weighted by atomic mass is 16.6. The summed E-state index contributed by atoms with van der Waals surface area (Å²) in [4.78, 5) is 25.4. The van der Waals surface area contributed by atoms with E-state index in [9.17, 15) is 9.59 Å². The van der Waals surface area contributed by atoms with Crippen molar-refractivity contribution in [2.45, 2.75) is 6.42 Å². The van der Waals surface area contributed by atoms with Crippen LogP contribution in [-0.4, -0.2) is 24.0 Å². The zero-order valence-corrected chi connectivity index (χ0v) is 7.60. The molecular formula is C9H9NO4. The second-order valence-corrected chi connectivity index (χ2v) is 2.39. The monoisotopic (exact) mass is 195 g/mol. The molecule has 5 heteroatoms. The Morgan fingerprint density at radius 1 is 1.36 bits per heavy atom. The van der Waals surface area contributed by atoms with E-state index in [0.717, 1.165) is 0 Å². The van der Waals surface area contributed by atoms with Crippen LogP contribution in [0.2, 0.25) is 0 Å². The Bertz CT molecular complexity index is 323. The average Bonchev–Trinajstić information content (AvgIpc) is 2.19. The largest absolute Gasteiger partial charge is 0.469 e. The van der Waals surface area contributed by atoms with Crippen LogP contribution in [0.25, 0.3) is 0 Å². The van der Waals surface area contributed by atoms with Crippen molar-refractivity contribution in [2.24, 2.45) is 0 Å². The molecule has 0 fully saturated rings. The van der Waals surface area contributed by atoms with Gasteiger partial charge in [-0.15, -0.1) is 0 Å². The zero-order valence-electron chi connectivity index (χ0n) is 7.60. The van der Waals surface area contributed by atoms with Crippen LogP contribution >= 0.6 is 0 Å². The Morgan fingerprint density at radius 2 is 2.14 bits per heavy atom. The van der Waals surface area contributed by atoms with Crippen LogP contribution in [-0.2, 0) is 14.3 Å². The van der Waals surface area contributed by atoms with Crippen molar-refractivity contribution in [3.8, 4) is 5.88 Å². The van der Waals surface area contributed by atoms with Gasteiger partial charge in [0.25, 0.3) is 0 Å². The Hall–Kier alpha value is -1.91. The van der Waals surface area contributed by atoms with Crippen LogP contribution in [0.5, 0.6) is 5.88 Å². The van der Waals surface area contributed by atoms with Gasteiger partial charge in [-0.25, -0.2) is 4.98 Å². The molecule has 0 unspecified atom stereocenters. The van der Waals surface area contributed by atoms with Crippen molar-refractivity contribution in [1.29, 1.82) is 0 Å². The molecule has 0 amide bonds. The van der Waals surface area contributed by atoms with Crippen molar-refractivity contribution in [3.63, 3.8) is 0 Å². The van der Waals surface area contributed by atoms with Gasteiger partial charge in [0.05, 0.1) is 7.11 Å². The summed E-state index contributed by atoms with van der Waals surface area (Å²) in [5.74, 6) is -1.15. The third-order valence-corrected chi connectivity index (χ3v) is 1.37. The number of pyridine rings is 1. The molecule has 0 atom stereocenters. The van der Waals surface area contributed by atoms with E-state index in [1.54, 1.807) is 12.1 Å². The van der Waals surface area contributed by atoms with Gasteiger partial charge in [0.1, 0.15) is 6.42 Å². The molecule has 0 aliphatic heterocycles. The van der Waals surface area contributed by atoms with Crippen molar-refractivity contribution < 1.29 is 19.1 Å². The minimum absolute atomic E-state index is 0.168. The van der Waals surface area contributed by atoms with Gasteiger partial charge in [0.2, 0.25) is 5.88 Å². The van der Waals surface area contributed by atoms with Gasteiger partial charge in [0.15, 0.2) is 0 Å². The van der Waals surface area contributed by atoms with Gasteiger partial charge < -0.3 is 9.47 Å². The number of hydrogen-bond acceptors (Lipinski definition) is 5. The number of carbonyl (C=O) groups is 2. The SMILES string of the molecule is COC(=O)CC(=O)Oc1ccccn1. The lowest BCUT2D eigenvalue weighted by Gasteiger charge is -2.01. The van der Waals surface area contributed by atoms with Crippen LogP contribution in [0, 0.1) is 0 Å². The number of rotatable bonds is 3. The smallest absolute Gasteiger partial charge is 0.323 e. The summed E-state index contributed by atoms with van der Waals surface area (Å²) in [6.07, 6.45) is 1.08. The third kappa shape index (κ3) is 3.22. The molecule has 1 heterocycles. The molecule has 0 aromatic carbocycles. The van der Waals surface area contributed by atoms with Gasteiger partial charge in [-0.2, -0.15) is 0 Å². The summed E-state index contributed by atoms with van der Waals surface area (Å²) in [6.45, 7) is 0. The highest BCUT2D eigenvalue weighted by Gasteiger charge is 2.11. The molecule has 5 nitrogen and oxygen atoms in total. The van der Waals surface area contributed by atoms with Gasteiger partial charge in [-0.05, 0) is 6.07 Å². The van der Waals surface area contributed by atoms with E-state index >= 15 is 0 Å². The first-order valence-corrected chi connectivity index (χ1v) is 3.91. The van der Waals surface area contributed by atoms with E-state index in [0.29, 0.717) is 0 Å². The van der Waals surface area contributed by atoms with E-state index < -0.39 is 18.4 Å². The Labute approximate surface area is 80.7 Å². The fourth-order valence-electron chi connectivity index (χ4n) is 0.750. The summed E-state index contributed by atoms with van der Waals surface area (Å²) in [5.41, 5.74) is 0. The maximum absolute atomic E-state index is 11.0. The van der Waals surface area contributed by atoms with Crippen LogP contribution < -0.4 is 4.74 Å². The first-order valence-electron chi connectivity index (χ1n) is 3.91. The molecule has 0 saturated heterocycles. The number of aromatic nitrogens is 1. The Kier molecular flexibility index (Phi) is 3.60. The lowest BCUT2D eigenvalue weighted by molar-refractivity contribution is -0.148. The molecule has 0 saturated carbocycles. The van der Waals surface area contributed by atoms with Gasteiger partial charge in [-0.3, -0.25) is 9.59 Å². The molecular weight excluding hydrogens is 186 g/mol. The molecule has 74 valence electrons. The lowest BCUT2D eigenvalue weighted by atomic mass is 10.4. The summed E-state index contributed by atoms with van der Waals surface area (Å²) >= 11 is 0. The average molecular weight is 195 g/mol. The minimum Gasteiger partial charge on any atom is -0.469 e. The fourth-order valence-corrected chi connectivity index (χ4v) is 0.750. The summed E-state index contributed by atoms with van der Waals surface area (Å²) in [6, 6.07) is 4.89. The maximum Gasteiger partial charge on any atom is 0.323 e. The standard InChI is InChI=1S/C9H9NO4/c1-13-8(11)6-9(12)14-7-4-2-3-5-10-7/h2-5H,6H2,1H3. The Morgan fingerprint density at radius 3 is 2.71 bits per heavy atom. The quantitative estimate of drug-likeness (QED) is 0.520. The number of hydrogen-bond donors (Lipinski definition) is 0. The molecule has 0 spiro atoms. The van der Waals surface area contributed by atoms with Crippen LogP contribution in [0.4, 0.5) is 0 Å². The zero-order chi connectivity index (χ0) is 10.4. The van der Waals surface area contributed by atoms with E-state index in [1.807, 2.05) is 0 Å². The summed E-state index contributed by atoms with van der Waals surface area (Å²) < 4.78 is 9.03. The molecule has 0 aliphatic carbocycles. The van der Waals surface area contributed by atoms with Gasteiger partial charge in [0, 0.05) is 12.3 Å². The number of ether oxygens (including phenoxy) is 2. The van der Waals surface area contributed by atoms with E-state index in [2.05, 4.69) is 9.72 Å². The number of carbonyl (C=O) groups excluding carboxylic acids is 2. The first kappa shape index (κ1) is 10.2. The second-order valence-electron chi connectivity index (χ2n) is 2.39. The number of esters is 2. The predicted molar refractivity (Wildman–Crippen MR) is 46.5 cm³/mol. The highest BCUT2D eigenvalue weighted by Crippen LogP contribution is 2.04. The summed E-state index contributed by atoms with van der Waals surface area (Å²) in [7, 11) is 1.20. The highest BCUT2D eigenvalue weighted by molar-refractivity contribution is 5.91. The number of methoxy groups -OCH3 is 1. The van der Waals surface area contributed by atoms with Crippen molar-refractivity contribution in [2.75, 3.05) is 7.11 Å². The molecule has 0 radical (unpaired) electrons. The van der Waals surface area contributed by atoms with E-state index in [-0.39, 0.29) is 5.88 Å². The van der Waals surface area contributed by atoms with E-state index in [1.165, 1.54) is 19.4 Å². The molecule has 0 bridgehead atoms. The van der Waals surface area contributed by atoms with E-state index in [4.69, 9.17) is 4.74 Å². The normalized spacial score (nSPS) is 9.21. The van der Waals surface area contributed by atoms with Crippen molar-refractivity contribution in [1.82, 2.24) is 4.98 Å². The van der Waals surface area contributed by atoms with Crippen LogP contribution in [0.15, 0.2) is 24.4 Å². The fraction of sp³-hybridized carbons (Fsp3) is 0.222. The molecule has 1 aromatic rings. The molecule has 1 aromatic heterocycles. The number of nitrogens with zero attached hydrogens (tertiary/aromatic N) is 1. The maximum atomic E-state index is 11.0. The van der Waals surface area contributed by atoms with Crippen molar-refractivity contribution >= 4 is 11.9 Å². The Balaban J connectivity index is 2.46. The van der Waals surface area contributed by atoms with Crippen LogP contribution in [0.1, 0.15) is 6.42 Å². The molecule has 0 N–H and O–H groups in total. The topological polar surface area (TPSA) is 65.5 Å².